The second-order valence-electron chi connectivity index (χ2n) is 3.76. The largest absolute Gasteiger partial charge is 0.311 e. The van der Waals surface area contributed by atoms with Gasteiger partial charge in [-0.1, -0.05) is 24.3 Å². The first kappa shape index (κ1) is 12.1. The van der Waals surface area contributed by atoms with E-state index in [1.165, 1.54) is 17.4 Å². The van der Waals surface area contributed by atoms with Crippen molar-refractivity contribution in [1.29, 1.82) is 0 Å². The summed E-state index contributed by atoms with van der Waals surface area (Å²) in [5, 5.41) is 12.7. The van der Waals surface area contributed by atoms with E-state index in [1.54, 1.807) is 6.07 Å². The fourth-order valence-electron chi connectivity index (χ4n) is 1.46. The highest BCUT2D eigenvalue weighted by molar-refractivity contribution is 7.14. The Labute approximate surface area is 104 Å². The third-order valence-electron chi connectivity index (χ3n) is 2.35. The molecule has 1 aromatic heterocycles. The summed E-state index contributed by atoms with van der Waals surface area (Å²) in [4.78, 5) is 0. The number of nitrogens with zero attached hydrogens (tertiary/aromatic N) is 2. The number of hydrogen-bond donors (Lipinski definition) is 1. The number of rotatable bonds is 4. The lowest BCUT2D eigenvalue weighted by molar-refractivity contribution is 0.629. The highest BCUT2D eigenvalue weighted by Crippen LogP contribution is 2.26. The lowest BCUT2D eigenvalue weighted by Gasteiger charge is -1.99. The molecule has 0 unspecified atom stereocenters. The van der Waals surface area contributed by atoms with Crippen molar-refractivity contribution in [2.24, 2.45) is 0 Å². The van der Waals surface area contributed by atoms with Gasteiger partial charge in [0.2, 0.25) is 0 Å². The fourth-order valence-corrected chi connectivity index (χ4v) is 2.30. The molecule has 0 amide bonds. The molecular formula is C12H14FN3S. The minimum Gasteiger partial charge on any atom is -0.311 e. The lowest BCUT2D eigenvalue weighted by Crippen LogP contribution is -2.11. The van der Waals surface area contributed by atoms with E-state index in [-0.39, 0.29) is 5.82 Å². The number of aromatic nitrogens is 2. The summed E-state index contributed by atoms with van der Waals surface area (Å²) >= 11 is 1.42. The van der Waals surface area contributed by atoms with Gasteiger partial charge in [-0.25, -0.2) is 4.39 Å². The van der Waals surface area contributed by atoms with Crippen LogP contribution in [0.4, 0.5) is 4.39 Å². The van der Waals surface area contributed by atoms with Gasteiger partial charge < -0.3 is 5.32 Å². The van der Waals surface area contributed by atoms with Crippen LogP contribution in [0.1, 0.15) is 17.5 Å². The van der Waals surface area contributed by atoms with Crippen LogP contribution in [-0.4, -0.2) is 16.7 Å². The van der Waals surface area contributed by atoms with Gasteiger partial charge in [0.25, 0.3) is 0 Å². The summed E-state index contributed by atoms with van der Waals surface area (Å²) in [6, 6.07) is 5.15. The van der Waals surface area contributed by atoms with E-state index in [0.29, 0.717) is 17.1 Å². The minimum absolute atomic E-state index is 0.240. The molecule has 0 fully saturated rings. The molecule has 0 atom stereocenters. The maximum Gasteiger partial charge on any atom is 0.150 e. The molecule has 0 saturated heterocycles. The van der Waals surface area contributed by atoms with Crippen molar-refractivity contribution in [2.45, 2.75) is 20.4 Å². The Morgan fingerprint density at radius 3 is 2.88 bits per heavy atom. The summed E-state index contributed by atoms with van der Waals surface area (Å²) in [6.45, 7) is 5.46. The van der Waals surface area contributed by atoms with Crippen molar-refractivity contribution in [3.63, 3.8) is 0 Å². The van der Waals surface area contributed by atoms with E-state index in [4.69, 9.17) is 0 Å². The summed E-state index contributed by atoms with van der Waals surface area (Å²) in [7, 11) is 0. The standard InChI is InChI=1S/C12H14FN3S/c1-3-14-7-11-15-16-12(17-11)9-5-4-8(2)6-10(9)13/h4-6,14H,3,7H2,1-2H3. The fraction of sp³-hybridized carbons (Fsp3) is 0.333. The molecule has 5 heteroatoms. The average Bonchev–Trinajstić information content (AvgIpc) is 2.75. The molecule has 0 radical (unpaired) electrons. The minimum atomic E-state index is -0.240. The lowest BCUT2D eigenvalue weighted by atomic mass is 10.1. The average molecular weight is 251 g/mol. The van der Waals surface area contributed by atoms with E-state index >= 15 is 0 Å². The first-order chi connectivity index (χ1) is 8.20. The number of nitrogens with one attached hydrogen (secondary N) is 1. The van der Waals surface area contributed by atoms with Crippen molar-refractivity contribution >= 4 is 11.3 Å². The number of halogens is 1. The zero-order chi connectivity index (χ0) is 12.3. The first-order valence-electron chi connectivity index (χ1n) is 5.50. The topological polar surface area (TPSA) is 37.8 Å². The third kappa shape index (κ3) is 2.87. The number of aryl methyl sites for hydroxylation is 1. The van der Waals surface area contributed by atoms with Crippen molar-refractivity contribution in [1.82, 2.24) is 15.5 Å². The molecule has 0 saturated carbocycles. The smallest absolute Gasteiger partial charge is 0.150 e. The van der Waals surface area contributed by atoms with E-state index < -0.39 is 0 Å². The molecular weight excluding hydrogens is 237 g/mol. The van der Waals surface area contributed by atoms with Crippen LogP contribution in [-0.2, 0) is 6.54 Å². The van der Waals surface area contributed by atoms with Gasteiger partial charge in [-0.2, -0.15) is 0 Å². The predicted molar refractivity (Wildman–Crippen MR) is 67.4 cm³/mol. The molecule has 0 aliphatic heterocycles. The third-order valence-corrected chi connectivity index (χ3v) is 3.30. The molecule has 3 nitrogen and oxygen atoms in total. The van der Waals surface area contributed by atoms with Crippen LogP contribution in [0, 0.1) is 12.7 Å². The highest BCUT2D eigenvalue weighted by Gasteiger charge is 2.10. The summed E-state index contributed by atoms with van der Waals surface area (Å²) in [6.07, 6.45) is 0. The van der Waals surface area contributed by atoms with Crippen molar-refractivity contribution in [2.75, 3.05) is 6.54 Å². The molecule has 17 heavy (non-hydrogen) atoms. The maximum absolute atomic E-state index is 13.7. The Hall–Kier alpha value is -1.33. The molecule has 2 rings (SSSR count). The van der Waals surface area contributed by atoms with Crippen LogP contribution in [0.3, 0.4) is 0 Å². The molecule has 0 aliphatic rings. The van der Waals surface area contributed by atoms with Crippen molar-refractivity contribution < 1.29 is 4.39 Å². The molecule has 90 valence electrons. The Bertz CT molecular complexity index is 510. The zero-order valence-corrected chi connectivity index (χ0v) is 10.6. The normalized spacial score (nSPS) is 10.8. The Morgan fingerprint density at radius 1 is 1.35 bits per heavy atom. The van der Waals surface area contributed by atoms with Gasteiger partial charge in [0.15, 0.2) is 5.01 Å². The monoisotopic (exact) mass is 251 g/mol. The van der Waals surface area contributed by atoms with Gasteiger partial charge in [-0.15, -0.1) is 10.2 Å². The van der Waals surface area contributed by atoms with E-state index in [0.717, 1.165) is 17.1 Å². The van der Waals surface area contributed by atoms with Gasteiger partial charge in [-0.05, 0) is 31.2 Å². The maximum atomic E-state index is 13.7. The highest BCUT2D eigenvalue weighted by atomic mass is 32.1. The molecule has 1 aromatic carbocycles. The quantitative estimate of drug-likeness (QED) is 0.908. The predicted octanol–water partition coefficient (Wildman–Crippen LogP) is 2.76. The molecule has 2 aromatic rings. The second-order valence-corrected chi connectivity index (χ2v) is 4.83. The van der Waals surface area contributed by atoms with Gasteiger partial charge in [-0.3, -0.25) is 0 Å². The molecule has 0 aliphatic carbocycles. The Morgan fingerprint density at radius 2 is 2.18 bits per heavy atom. The molecule has 0 spiro atoms. The first-order valence-corrected chi connectivity index (χ1v) is 6.32. The van der Waals surface area contributed by atoms with Crippen LogP contribution in [0.15, 0.2) is 18.2 Å². The van der Waals surface area contributed by atoms with Crippen LogP contribution >= 0.6 is 11.3 Å². The Balaban J connectivity index is 2.24. The van der Waals surface area contributed by atoms with Gasteiger partial charge in [0, 0.05) is 12.1 Å². The van der Waals surface area contributed by atoms with Crippen LogP contribution < -0.4 is 5.32 Å². The van der Waals surface area contributed by atoms with E-state index in [1.807, 2.05) is 19.9 Å². The summed E-state index contributed by atoms with van der Waals surface area (Å²) in [5.41, 5.74) is 1.43. The van der Waals surface area contributed by atoms with Gasteiger partial charge in [0.05, 0.1) is 0 Å². The van der Waals surface area contributed by atoms with Crippen LogP contribution in [0.2, 0.25) is 0 Å². The Kier molecular flexibility index (Phi) is 3.81. The summed E-state index contributed by atoms with van der Waals surface area (Å²) in [5.74, 6) is -0.240. The molecule has 1 heterocycles. The van der Waals surface area contributed by atoms with E-state index in [2.05, 4.69) is 15.5 Å². The van der Waals surface area contributed by atoms with E-state index in [9.17, 15) is 4.39 Å². The zero-order valence-electron chi connectivity index (χ0n) is 9.83. The van der Waals surface area contributed by atoms with Crippen molar-refractivity contribution in [3.05, 3.63) is 34.6 Å². The SMILES string of the molecule is CCNCc1nnc(-c2ccc(C)cc2F)s1. The van der Waals surface area contributed by atoms with Crippen LogP contribution in [0.25, 0.3) is 10.6 Å². The number of hydrogen-bond acceptors (Lipinski definition) is 4. The van der Waals surface area contributed by atoms with Crippen molar-refractivity contribution in [3.8, 4) is 10.6 Å². The van der Waals surface area contributed by atoms with Gasteiger partial charge >= 0.3 is 0 Å². The van der Waals surface area contributed by atoms with Gasteiger partial charge in [0.1, 0.15) is 10.8 Å². The van der Waals surface area contributed by atoms with Crippen LogP contribution in [0.5, 0.6) is 0 Å². The second kappa shape index (κ2) is 5.33. The summed E-state index contributed by atoms with van der Waals surface area (Å²) < 4.78 is 13.7. The molecule has 1 N–H and O–H groups in total. The molecule has 0 bridgehead atoms. The number of benzene rings is 1.